The van der Waals surface area contributed by atoms with Crippen LogP contribution in [0.3, 0.4) is 0 Å². The molecule has 1 aliphatic carbocycles. The number of carbonyl (C=O) groups is 2. The van der Waals surface area contributed by atoms with Crippen LogP contribution in [0.15, 0.2) is 30.9 Å². The van der Waals surface area contributed by atoms with Crippen molar-refractivity contribution < 1.29 is 19.1 Å². The lowest BCUT2D eigenvalue weighted by molar-refractivity contribution is -0.123. The van der Waals surface area contributed by atoms with Gasteiger partial charge in [-0.3, -0.25) is 20.4 Å². The lowest BCUT2D eigenvalue weighted by atomic mass is 10.2. The first-order valence-corrected chi connectivity index (χ1v) is 6.67. The van der Waals surface area contributed by atoms with Crippen molar-refractivity contribution in [2.24, 2.45) is 5.92 Å². The fraction of sp³-hybridized carbons (Fsp3) is 0.333. The second kappa shape index (κ2) is 6.78. The van der Waals surface area contributed by atoms with Crippen LogP contribution in [0.2, 0.25) is 0 Å². The number of hydrazine groups is 1. The first-order chi connectivity index (χ1) is 10.2. The van der Waals surface area contributed by atoms with Crippen LogP contribution >= 0.6 is 0 Å². The molecule has 0 heterocycles. The summed E-state index contributed by atoms with van der Waals surface area (Å²) in [6, 6.07) is 4.79. The molecule has 1 saturated carbocycles. The van der Waals surface area contributed by atoms with Crippen molar-refractivity contribution in [2.75, 3.05) is 13.7 Å². The maximum atomic E-state index is 11.9. The predicted octanol–water partition coefficient (Wildman–Crippen LogP) is 1.43. The lowest BCUT2D eigenvalue weighted by Crippen LogP contribution is -2.42. The van der Waals surface area contributed by atoms with Crippen molar-refractivity contribution in [1.82, 2.24) is 10.9 Å². The van der Waals surface area contributed by atoms with Crippen molar-refractivity contribution >= 4 is 11.8 Å². The fourth-order valence-electron chi connectivity index (χ4n) is 1.71. The Morgan fingerprint density at radius 1 is 1.33 bits per heavy atom. The van der Waals surface area contributed by atoms with E-state index in [0.29, 0.717) is 23.7 Å². The first-order valence-electron chi connectivity index (χ1n) is 6.67. The minimum Gasteiger partial charge on any atom is -0.493 e. The van der Waals surface area contributed by atoms with Crippen LogP contribution in [0.1, 0.15) is 23.2 Å². The maximum absolute atomic E-state index is 11.9. The lowest BCUT2D eigenvalue weighted by Gasteiger charge is -2.11. The van der Waals surface area contributed by atoms with Crippen LogP contribution in [0.25, 0.3) is 0 Å². The molecule has 2 N–H and O–H groups in total. The highest BCUT2D eigenvalue weighted by Gasteiger charge is 2.29. The Morgan fingerprint density at radius 2 is 2.10 bits per heavy atom. The average Bonchev–Trinajstić information content (AvgIpc) is 3.34. The monoisotopic (exact) mass is 290 g/mol. The molecular weight excluding hydrogens is 272 g/mol. The van der Waals surface area contributed by atoms with E-state index in [9.17, 15) is 9.59 Å². The average molecular weight is 290 g/mol. The number of hydrogen-bond acceptors (Lipinski definition) is 4. The van der Waals surface area contributed by atoms with Gasteiger partial charge in [-0.2, -0.15) is 0 Å². The van der Waals surface area contributed by atoms with Gasteiger partial charge >= 0.3 is 0 Å². The zero-order valence-electron chi connectivity index (χ0n) is 11.8. The normalized spacial score (nSPS) is 13.2. The number of amides is 2. The van der Waals surface area contributed by atoms with E-state index in [4.69, 9.17) is 9.47 Å². The molecule has 112 valence electrons. The number of carbonyl (C=O) groups excluding carboxylic acids is 2. The molecule has 0 spiro atoms. The Morgan fingerprint density at radius 3 is 2.71 bits per heavy atom. The molecule has 1 aliphatic rings. The highest BCUT2D eigenvalue weighted by molar-refractivity contribution is 5.96. The van der Waals surface area contributed by atoms with E-state index >= 15 is 0 Å². The van der Waals surface area contributed by atoms with Gasteiger partial charge in [0, 0.05) is 11.5 Å². The quantitative estimate of drug-likeness (QED) is 0.614. The highest BCUT2D eigenvalue weighted by Crippen LogP contribution is 2.29. The molecule has 6 heteroatoms. The van der Waals surface area contributed by atoms with E-state index in [0.717, 1.165) is 12.8 Å². The minimum absolute atomic E-state index is 0.0366. The van der Waals surface area contributed by atoms with Crippen molar-refractivity contribution in [2.45, 2.75) is 12.8 Å². The van der Waals surface area contributed by atoms with Crippen LogP contribution in [0.5, 0.6) is 11.5 Å². The smallest absolute Gasteiger partial charge is 0.269 e. The Labute approximate surface area is 123 Å². The third-order valence-electron chi connectivity index (χ3n) is 3.03. The SMILES string of the molecule is C=CCOc1ccc(C(=O)NNC(=O)C2CC2)cc1OC. The summed E-state index contributed by atoms with van der Waals surface area (Å²) >= 11 is 0. The van der Waals surface area contributed by atoms with Gasteiger partial charge in [0.05, 0.1) is 7.11 Å². The van der Waals surface area contributed by atoms with Crippen LogP contribution in [-0.2, 0) is 4.79 Å². The number of benzene rings is 1. The Hall–Kier alpha value is -2.50. The first kappa shape index (κ1) is 14.9. The number of rotatable bonds is 6. The van der Waals surface area contributed by atoms with Gasteiger partial charge in [-0.1, -0.05) is 12.7 Å². The van der Waals surface area contributed by atoms with Gasteiger partial charge in [-0.25, -0.2) is 0 Å². The molecule has 0 saturated heterocycles. The molecular formula is C15H18N2O4. The predicted molar refractivity (Wildman–Crippen MR) is 77.0 cm³/mol. The summed E-state index contributed by atoms with van der Waals surface area (Å²) in [7, 11) is 1.49. The van der Waals surface area contributed by atoms with E-state index in [-0.39, 0.29) is 11.8 Å². The second-order valence-corrected chi connectivity index (χ2v) is 4.68. The van der Waals surface area contributed by atoms with Crippen LogP contribution in [0.4, 0.5) is 0 Å². The maximum Gasteiger partial charge on any atom is 0.269 e. The van der Waals surface area contributed by atoms with Gasteiger partial charge in [-0.05, 0) is 31.0 Å². The fourth-order valence-corrected chi connectivity index (χ4v) is 1.71. The molecule has 0 aliphatic heterocycles. The molecule has 0 bridgehead atoms. The zero-order chi connectivity index (χ0) is 15.2. The summed E-state index contributed by atoms with van der Waals surface area (Å²) in [5.41, 5.74) is 5.16. The molecule has 6 nitrogen and oxygen atoms in total. The molecule has 2 amide bonds. The Bertz CT molecular complexity index is 553. The van der Waals surface area contributed by atoms with Crippen molar-refractivity contribution in [3.05, 3.63) is 36.4 Å². The molecule has 1 fully saturated rings. The molecule has 21 heavy (non-hydrogen) atoms. The standard InChI is InChI=1S/C15H18N2O4/c1-3-8-21-12-7-6-11(9-13(12)20-2)15(19)17-16-14(18)10-4-5-10/h3,6-7,9-10H,1,4-5,8H2,2H3,(H,16,18)(H,17,19). The van der Waals surface area contributed by atoms with Gasteiger partial charge in [0.2, 0.25) is 5.91 Å². The summed E-state index contributed by atoms with van der Waals surface area (Å²) in [5.74, 6) is 0.447. The van der Waals surface area contributed by atoms with E-state index in [1.165, 1.54) is 7.11 Å². The van der Waals surface area contributed by atoms with Gasteiger partial charge < -0.3 is 9.47 Å². The molecule has 0 atom stereocenters. The van der Waals surface area contributed by atoms with Crippen molar-refractivity contribution in [3.8, 4) is 11.5 Å². The Kier molecular flexibility index (Phi) is 4.81. The van der Waals surface area contributed by atoms with Gasteiger partial charge in [0.1, 0.15) is 6.61 Å². The van der Waals surface area contributed by atoms with E-state index in [2.05, 4.69) is 17.4 Å². The number of nitrogens with one attached hydrogen (secondary N) is 2. The zero-order valence-corrected chi connectivity index (χ0v) is 11.8. The number of ether oxygens (including phenoxy) is 2. The summed E-state index contributed by atoms with van der Waals surface area (Å²) in [6.45, 7) is 3.91. The van der Waals surface area contributed by atoms with Gasteiger partial charge in [0.25, 0.3) is 5.91 Å². The molecule has 0 aromatic heterocycles. The number of hydrogen-bond donors (Lipinski definition) is 2. The summed E-state index contributed by atoms with van der Waals surface area (Å²) in [4.78, 5) is 23.4. The van der Waals surface area contributed by atoms with Gasteiger partial charge in [0.15, 0.2) is 11.5 Å². The van der Waals surface area contributed by atoms with Gasteiger partial charge in [-0.15, -0.1) is 0 Å². The molecule has 0 unspecified atom stereocenters. The molecule has 1 aromatic rings. The molecule has 0 radical (unpaired) electrons. The largest absolute Gasteiger partial charge is 0.493 e. The molecule has 2 rings (SSSR count). The van der Waals surface area contributed by atoms with Crippen LogP contribution in [-0.4, -0.2) is 25.5 Å². The van der Waals surface area contributed by atoms with Crippen LogP contribution < -0.4 is 20.3 Å². The third-order valence-corrected chi connectivity index (χ3v) is 3.03. The van der Waals surface area contributed by atoms with E-state index < -0.39 is 5.91 Å². The topological polar surface area (TPSA) is 76.7 Å². The summed E-state index contributed by atoms with van der Waals surface area (Å²) in [6.07, 6.45) is 3.38. The minimum atomic E-state index is -0.405. The summed E-state index contributed by atoms with van der Waals surface area (Å²) < 4.78 is 10.6. The molecule has 1 aromatic carbocycles. The third kappa shape index (κ3) is 3.98. The van der Waals surface area contributed by atoms with E-state index in [1.54, 1.807) is 24.3 Å². The Balaban J connectivity index is 1.99. The highest BCUT2D eigenvalue weighted by atomic mass is 16.5. The van der Waals surface area contributed by atoms with Crippen LogP contribution in [0, 0.1) is 5.92 Å². The van der Waals surface area contributed by atoms with Crippen molar-refractivity contribution in [3.63, 3.8) is 0 Å². The van der Waals surface area contributed by atoms with Crippen molar-refractivity contribution in [1.29, 1.82) is 0 Å². The summed E-state index contributed by atoms with van der Waals surface area (Å²) in [5, 5.41) is 0. The number of methoxy groups -OCH3 is 1. The second-order valence-electron chi connectivity index (χ2n) is 4.68. The van der Waals surface area contributed by atoms with E-state index in [1.807, 2.05) is 0 Å².